The molecule has 2 rings (SSSR count). The number of anilines is 1. The largest absolute Gasteiger partial charge is 0.369 e. The lowest BCUT2D eigenvalue weighted by atomic mass is 10.4. The van der Waals surface area contributed by atoms with E-state index >= 15 is 0 Å². The lowest BCUT2D eigenvalue weighted by molar-refractivity contribution is 0.903. The molecule has 4 nitrogen and oxygen atoms in total. The minimum Gasteiger partial charge on any atom is -0.369 e. The van der Waals surface area contributed by atoms with E-state index in [1.165, 1.54) is 6.07 Å². The van der Waals surface area contributed by atoms with Gasteiger partial charge in [0.15, 0.2) is 0 Å². The highest BCUT2D eigenvalue weighted by atomic mass is 16.1. The van der Waals surface area contributed by atoms with Gasteiger partial charge in [-0.3, -0.25) is 4.79 Å². The maximum absolute atomic E-state index is 11.3. The van der Waals surface area contributed by atoms with E-state index in [0.717, 1.165) is 18.7 Å². The molecule has 1 aliphatic rings. The average Bonchev–Trinajstić information content (AvgIpc) is 3.00. The Morgan fingerprint density at radius 1 is 1.67 bits per heavy atom. The lowest BCUT2D eigenvalue weighted by Gasteiger charge is -2.04. The molecule has 0 radical (unpaired) electrons. The zero-order valence-electron chi connectivity index (χ0n) is 8.42. The van der Waals surface area contributed by atoms with Crippen molar-refractivity contribution < 1.29 is 0 Å². The van der Waals surface area contributed by atoms with Gasteiger partial charge in [0.25, 0.3) is 5.56 Å². The topological polar surface area (TPSA) is 57.8 Å². The van der Waals surface area contributed by atoms with Crippen LogP contribution in [0.2, 0.25) is 0 Å². The molecule has 0 bridgehead atoms. The summed E-state index contributed by atoms with van der Waals surface area (Å²) in [5, 5.41) is 3.04. The second kappa shape index (κ2) is 4.18. The number of terminal acetylenes is 1. The van der Waals surface area contributed by atoms with Crippen molar-refractivity contribution in [3.8, 4) is 12.3 Å². The Labute approximate surface area is 88.1 Å². The molecule has 1 fully saturated rings. The highest BCUT2D eigenvalue weighted by Gasteiger charge is 2.26. The Balaban J connectivity index is 2.10. The molecular weight excluding hydrogens is 190 g/mol. The summed E-state index contributed by atoms with van der Waals surface area (Å²) < 4.78 is 0. The normalized spacial score (nSPS) is 14.6. The summed E-state index contributed by atoms with van der Waals surface area (Å²) in [5.41, 5.74) is -0.102. The molecule has 0 amide bonds. The second-order valence-corrected chi connectivity index (χ2v) is 3.67. The molecular formula is C11H13N3O. The molecule has 1 heterocycles. The van der Waals surface area contributed by atoms with Crippen LogP contribution >= 0.6 is 0 Å². The fraction of sp³-hybridized carbons (Fsp3) is 0.455. The van der Waals surface area contributed by atoms with E-state index in [-0.39, 0.29) is 5.56 Å². The number of nitrogens with one attached hydrogen (secondary N) is 2. The maximum atomic E-state index is 11.3. The van der Waals surface area contributed by atoms with E-state index in [1.54, 1.807) is 0 Å². The van der Waals surface area contributed by atoms with Crippen LogP contribution in [-0.2, 0) is 0 Å². The minimum absolute atomic E-state index is 0.102. The molecule has 1 aromatic rings. The van der Waals surface area contributed by atoms with Crippen LogP contribution in [0.4, 0.5) is 5.82 Å². The first-order valence-electron chi connectivity index (χ1n) is 5.08. The molecule has 78 valence electrons. The molecule has 1 aromatic heterocycles. The van der Waals surface area contributed by atoms with Gasteiger partial charge in [0, 0.05) is 24.9 Å². The summed E-state index contributed by atoms with van der Waals surface area (Å²) in [6.07, 6.45) is 8.01. The Hall–Kier alpha value is -1.76. The van der Waals surface area contributed by atoms with Crippen LogP contribution in [0.15, 0.2) is 10.9 Å². The third-order valence-electron chi connectivity index (χ3n) is 2.30. The summed E-state index contributed by atoms with van der Waals surface area (Å²) in [5.74, 6) is 4.40. The second-order valence-electron chi connectivity index (χ2n) is 3.67. The van der Waals surface area contributed by atoms with Gasteiger partial charge >= 0.3 is 0 Å². The van der Waals surface area contributed by atoms with Gasteiger partial charge in [0.2, 0.25) is 0 Å². The van der Waals surface area contributed by atoms with Crippen molar-refractivity contribution >= 4 is 5.82 Å². The van der Waals surface area contributed by atoms with Crippen LogP contribution in [0.1, 0.15) is 31.0 Å². The zero-order chi connectivity index (χ0) is 10.7. The Morgan fingerprint density at radius 2 is 2.47 bits per heavy atom. The summed E-state index contributed by atoms with van der Waals surface area (Å²) in [4.78, 5) is 18.4. The van der Waals surface area contributed by atoms with Crippen molar-refractivity contribution in [2.45, 2.75) is 25.2 Å². The molecule has 0 aliphatic heterocycles. The first-order chi connectivity index (χ1) is 7.29. The van der Waals surface area contributed by atoms with Gasteiger partial charge in [0.1, 0.15) is 11.6 Å². The van der Waals surface area contributed by atoms with Crippen LogP contribution in [-0.4, -0.2) is 16.5 Å². The van der Waals surface area contributed by atoms with Crippen LogP contribution in [0.25, 0.3) is 0 Å². The fourth-order valence-corrected chi connectivity index (χ4v) is 1.38. The van der Waals surface area contributed by atoms with Crippen molar-refractivity contribution in [1.29, 1.82) is 0 Å². The predicted octanol–water partition coefficient (Wildman–Crippen LogP) is 1.08. The molecule has 15 heavy (non-hydrogen) atoms. The van der Waals surface area contributed by atoms with E-state index in [0.29, 0.717) is 24.7 Å². The molecule has 0 saturated heterocycles. The summed E-state index contributed by atoms with van der Waals surface area (Å²) in [7, 11) is 0. The zero-order valence-corrected chi connectivity index (χ0v) is 8.42. The van der Waals surface area contributed by atoms with Crippen molar-refractivity contribution in [3.05, 3.63) is 22.2 Å². The molecule has 0 spiro atoms. The highest BCUT2D eigenvalue weighted by molar-refractivity contribution is 5.34. The van der Waals surface area contributed by atoms with Gasteiger partial charge < -0.3 is 10.3 Å². The number of aromatic nitrogens is 2. The quantitative estimate of drug-likeness (QED) is 0.568. The molecule has 0 atom stereocenters. The fourth-order valence-electron chi connectivity index (χ4n) is 1.38. The van der Waals surface area contributed by atoms with Gasteiger partial charge in [-0.15, -0.1) is 12.3 Å². The number of hydrogen-bond donors (Lipinski definition) is 2. The SMILES string of the molecule is C#CCCNc1cc(=O)[nH]c(C2CC2)n1. The van der Waals surface area contributed by atoms with Crippen LogP contribution in [0.3, 0.4) is 0 Å². The Bertz CT molecular complexity index is 440. The molecule has 0 unspecified atom stereocenters. The first-order valence-corrected chi connectivity index (χ1v) is 5.08. The molecule has 1 aliphatic carbocycles. The lowest BCUT2D eigenvalue weighted by Crippen LogP contribution is -2.13. The van der Waals surface area contributed by atoms with Crippen molar-refractivity contribution in [2.24, 2.45) is 0 Å². The van der Waals surface area contributed by atoms with E-state index in [2.05, 4.69) is 21.2 Å². The number of rotatable bonds is 4. The number of hydrogen-bond acceptors (Lipinski definition) is 3. The summed E-state index contributed by atoms with van der Waals surface area (Å²) in [6, 6.07) is 1.46. The van der Waals surface area contributed by atoms with Gasteiger partial charge in [-0.25, -0.2) is 4.98 Å². The molecule has 4 heteroatoms. The van der Waals surface area contributed by atoms with Crippen molar-refractivity contribution in [3.63, 3.8) is 0 Å². The third kappa shape index (κ3) is 2.59. The first kappa shape index (κ1) is 9.78. The van der Waals surface area contributed by atoms with Crippen molar-refractivity contribution in [2.75, 3.05) is 11.9 Å². The summed E-state index contributed by atoms with van der Waals surface area (Å²) in [6.45, 7) is 0.650. The molecule has 1 saturated carbocycles. The predicted molar refractivity (Wildman–Crippen MR) is 58.8 cm³/mol. The van der Waals surface area contributed by atoms with E-state index in [4.69, 9.17) is 6.42 Å². The maximum Gasteiger partial charge on any atom is 0.252 e. The number of aromatic amines is 1. The van der Waals surface area contributed by atoms with Crippen molar-refractivity contribution in [1.82, 2.24) is 9.97 Å². The molecule has 2 N–H and O–H groups in total. The van der Waals surface area contributed by atoms with E-state index in [9.17, 15) is 4.79 Å². The third-order valence-corrected chi connectivity index (χ3v) is 2.30. The van der Waals surface area contributed by atoms with Gasteiger partial charge in [-0.1, -0.05) is 0 Å². The minimum atomic E-state index is -0.102. The van der Waals surface area contributed by atoms with Gasteiger partial charge in [-0.05, 0) is 12.8 Å². The monoisotopic (exact) mass is 203 g/mol. The molecule has 0 aromatic carbocycles. The standard InChI is InChI=1S/C11H13N3O/c1-2-3-6-12-9-7-10(15)14-11(13-9)8-4-5-8/h1,7-8H,3-6H2,(H2,12,13,14,15). The Morgan fingerprint density at radius 3 is 3.13 bits per heavy atom. The number of H-pyrrole nitrogens is 1. The smallest absolute Gasteiger partial charge is 0.252 e. The highest BCUT2D eigenvalue weighted by Crippen LogP contribution is 2.37. The number of nitrogens with zero attached hydrogens (tertiary/aromatic N) is 1. The van der Waals surface area contributed by atoms with Crippen LogP contribution in [0.5, 0.6) is 0 Å². The van der Waals surface area contributed by atoms with Crippen LogP contribution < -0.4 is 10.9 Å². The van der Waals surface area contributed by atoms with E-state index < -0.39 is 0 Å². The van der Waals surface area contributed by atoms with Gasteiger partial charge in [0.05, 0.1) is 0 Å². The van der Waals surface area contributed by atoms with Gasteiger partial charge in [-0.2, -0.15) is 0 Å². The average molecular weight is 203 g/mol. The Kier molecular flexibility index (Phi) is 2.72. The van der Waals surface area contributed by atoms with Crippen LogP contribution in [0, 0.1) is 12.3 Å². The van der Waals surface area contributed by atoms with E-state index in [1.807, 2.05) is 0 Å². The summed E-state index contributed by atoms with van der Waals surface area (Å²) >= 11 is 0.